The third-order valence-electron chi connectivity index (χ3n) is 1.98. The predicted molar refractivity (Wildman–Crippen MR) is 61.1 cm³/mol. The number of rotatable bonds is 5. The highest BCUT2D eigenvalue weighted by Crippen LogP contribution is 2.15. The number of ether oxygens (including phenoxy) is 1. The van der Waals surface area contributed by atoms with E-state index in [-0.39, 0.29) is 0 Å². The van der Waals surface area contributed by atoms with Crippen molar-refractivity contribution in [2.75, 3.05) is 0 Å². The van der Waals surface area contributed by atoms with Crippen LogP contribution in [0.4, 0.5) is 0 Å². The van der Waals surface area contributed by atoms with Crippen molar-refractivity contribution in [2.45, 2.75) is 26.4 Å². The zero-order valence-electron chi connectivity index (χ0n) is 9.19. The molecule has 0 radical (unpaired) electrons. The fourth-order valence-corrected chi connectivity index (χ4v) is 1.32. The molecular weight excluding hydrogens is 188 g/mol. The fraction of sp³-hybridized carbons (Fsp3) is 0.308. The quantitative estimate of drug-likeness (QED) is 0.544. The lowest BCUT2D eigenvalue weighted by atomic mass is 10.1. The van der Waals surface area contributed by atoms with Gasteiger partial charge in [-0.15, -0.1) is 0 Å². The third-order valence-corrected chi connectivity index (χ3v) is 1.98. The molecule has 0 saturated carbocycles. The van der Waals surface area contributed by atoms with Crippen LogP contribution in [0.15, 0.2) is 36.4 Å². The molecule has 1 unspecified atom stereocenters. The molecule has 0 spiro atoms. The molecular formula is C13H16O2. The summed E-state index contributed by atoms with van der Waals surface area (Å²) in [7, 11) is 0. The second-order valence-electron chi connectivity index (χ2n) is 3.77. The van der Waals surface area contributed by atoms with E-state index in [0.717, 1.165) is 23.2 Å². The summed E-state index contributed by atoms with van der Waals surface area (Å²) in [6.07, 6.45) is 0.957. The normalized spacial score (nSPS) is 11.9. The second-order valence-corrected chi connectivity index (χ2v) is 3.77. The SMILES string of the molecule is C=C(C)CC(C=O)Oc1cccc(C)c1. The standard InChI is InChI=1S/C13H16O2/c1-10(2)7-13(9-14)15-12-6-4-5-11(3)8-12/h4-6,8-9,13H,1,7H2,2-3H3. The average Bonchev–Trinajstić information content (AvgIpc) is 2.16. The van der Waals surface area contributed by atoms with Crippen molar-refractivity contribution in [1.82, 2.24) is 0 Å². The Morgan fingerprint density at radius 2 is 2.33 bits per heavy atom. The van der Waals surface area contributed by atoms with Gasteiger partial charge < -0.3 is 4.74 Å². The number of aldehydes is 1. The maximum absolute atomic E-state index is 10.8. The van der Waals surface area contributed by atoms with Gasteiger partial charge in [-0.05, 0) is 31.5 Å². The summed E-state index contributed by atoms with van der Waals surface area (Å²) in [5.74, 6) is 0.730. The van der Waals surface area contributed by atoms with Crippen molar-refractivity contribution in [2.24, 2.45) is 0 Å². The fourth-order valence-electron chi connectivity index (χ4n) is 1.32. The molecule has 0 N–H and O–H groups in total. The van der Waals surface area contributed by atoms with Gasteiger partial charge in [-0.3, -0.25) is 4.79 Å². The Hall–Kier alpha value is -1.57. The van der Waals surface area contributed by atoms with Gasteiger partial charge in [0.05, 0.1) is 0 Å². The number of hydrogen-bond acceptors (Lipinski definition) is 2. The molecule has 2 heteroatoms. The number of benzene rings is 1. The zero-order valence-corrected chi connectivity index (χ0v) is 9.19. The van der Waals surface area contributed by atoms with Gasteiger partial charge in [0.1, 0.15) is 5.75 Å². The average molecular weight is 204 g/mol. The van der Waals surface area contributed by atoms with E-state index in [0.29, 0.717) is 6.42 Å². The topological polar surface area (TPSA) is 26.3 Å². The number of carbonyl (C=O) groups is 1. The Kier molecular flexibility index (Phi) is 4.10. The monoisotopic (exact) mass is 204 g/mol. The molecule has 0 bridgehead atoms. The van der Waals surface area contributed by atoms with Gasteiger partial charge in [0.15, 0.2) is 12.4 Å². The minimum Gasteiger partial charge on any atom is -0.483 e. The van der Waals surface area contributed by atoms with Crippen molar-refractivity contribution in [3.8, 4) is 5.75 Å². The lowest BCUT2D eigenvalue weighted by molar-refractivity contribution is -0.113. The van der Waals surface area contributed by atoms with Crippen LogP contribution in [0, 0.1) is 6.92 Å². The molecule has 0 aromatic heterocycles. The first-order valence-electron chi connectivity index (χ1n) is 4.95. The van der Waals surface area contributed by atoms with E-state index < -0.39 is 6.10 Å². The van der Waals surface area contributed by atoms with Crippen molar-refractivity contribution >= 4 is 6.29 Å². The van der Waals surface area contributed by atoms with Crippen LogP contribution in [0.1, 0.15) is 18.9 Å². The number of carbonyl (C=O) groups excluding carboxylic acids is 1. The van der Waals surface area contributed by atoms with E-state index >= 15 is 0 Å². The predicted octanol–water partition coefficient (Wildman–Crippen LogP) is 2.91. The van der Waals surface area contributed by atoms with Gasteiger partial charge in [0.25, 0.3) is 0 Å². The summed E-state index contributed by atoms with van der Waals surface area (Å²) in [6.45, 7) is 7.64. The van der Waals surface area contributed by atoms with Crippen LogP contribution in [-0.4, -0.2) is 12.4 Å². The molecule has 1 atom stereocenters. The summed E-state index contributed by atoms with van der Waals surface area (Å²) in [4.78, 5) is 10.8. The molecule has 0 fully saturated rings. The van der Waals surface area contributed by atoms with Gasteiger partial charge >= 0.3 is 0 Å². The van der Waals surface area contributed by atoms with Crippen LogP contribution in [-0.2, 0) is 4.79 Å². The lowest BCUT2D eigenvalue weighted by Gasteiger charge is -2.13. The van der Waals surface area contributed by atoms with Crippen LogP contribution in [0.5, 0.6) is 5.75 Å². The van der Waals surface area contributed by atoms with Gasteiger partial charge in [-0.1, -0.05) is 24.3 Å². The molecule has 15 heavy (non-hydrogen) atoms. The molecule has 1 aromatic rings. The van der Waals surface area contributed by atoms with E-state index in [1.54, 1.807) is 0 Å². The summed E-state index contributed by atoms with van der Waals surface area (Å²) >= 11 is 0. The van der Waals surface area contributed by atoms with E-state index in [1.807, 2.05) is 38.1 Å². The highest BCUT2D eigenvalue weighted by molar-refractivity contribution is 5.57. The van der Waals surface area contributed by atoms with E-state index in [2.05, 4.69) is 6.58 Å². The molecule has 2 nitrogen and oxygen atoms in total. The van der Waals surface area contributed by atoms with Crippen LogP contribution in [0.2, 0.25) is 0 Å². The van der Waals surface area contributed by atoms with Crippen LogP contribution < -0.4 is 4.74 Å². The molecule has 0 aliphatic rings. The van der Waals surface area contributed by atoms with Crippen LogP contribution >= 0.6 is 0 Å². The minimum atomic E-state index is -0.427. The van der Waals surface area contributed by atoms with E-state index in [9.17, 15) is 4.79 Å². The molecule has 80 valence electrons. The summed E-state index contributed by atoms with van der Waals surface area (Å²) in [6, 6.07) is 7.66. The van der Waals surface area contributed by atoms with E-state index in [4.69, 9.17) is 4.74 Å². The summed E-state index contributed by atoms with van der Waals surface area (Å²) in [5.41, 5.74) is 2.06. The molecule has 1 rings (SSSR count). The zero-order chi connectivity index (χ0) is 11.3. The smallest absolute Gasteiger partial charge is 0.160 e. The Morgan fingerprint density at radius 1 is 1.60 bits per heavy atom. The van der Waals surface area contributed by atoms with Gasteiger partial charge in [-0.25, -0.2) is 0 Å². The molecule has 0 heterocycles. The molecule has 0 amide bonds. The highest BCUT2D eigenvalue weighted by Gasteiger charge is 2.08. The van der Waals surface area contributed by atoms with E-state index in [1.165, 1.54) is 0 Å². The first-order chi connectivity index (χ1) is 7.11. The minimum absolute atomic E-state index is 0.427. The van der Waals surface area contributed by atoms with Crippen molar-refractivity contribution in [3.63, 3.8) is 0 Å². The third kappa shape index (κ3) is 3.98. The first kappa shape index (κ1) is 11.5. The van der Waals surface area contributed by atoms with Crippen LogP contribution in [0.25, 0.3) is 0 Å². The molecule has 0 saturated heterocycles. The molecule has 0 aliphatic carbocycles. The van der Waals surface area contributed by atoms with Crippen LogP contribution in [0.3, 0.4) is 0 Å². The Morgan fingerprint density at radius 3 is 2.87 bits per heavy atom. The maximum atomic E-state index is 10.8. The lowest BCUT2D eigenvalue weighted by Crippen LogP contribution is -2.18. The van der Waals surface area contributed by atoms with Gasteiger partial charge in [0, 0.05) is 6.42 Å². The first-order valence-corrected chi connectivity index (χ1v) is 4.95. The maximum Gasteiger partial charge on any atom is 0.160 e. The summed E-state index contributed by atoms with van der Waals surface area (Å²) in [5, 5.41) is 0. The Bertz CT molecular complexity index is 355. The Balaban J connectivity index is 2.66. The largest absolute Gasteiger partial charge is 0.483 e. The highest BCUT2D eigenvalue weighted by atomic mass is 16.5. The van der Waals surface area contributed by atoms with Crippen molar-refractivity contribution in [1.29, 1.82) is 0 Å². The molecule has 0 aliphatic heterocycles. The number of aryl methyl sites for hydroxylation is 1. The van der Waals surface area contributed by atoms with Crippen molar-refractivity contribution in [3.05, 3.63) is 42.0 Å². The van der Waals surface area contributed by atoms with Gasteiger partial charge in [0.2, 0.25) is 0 Å². The summed E-state index contributed by atoms with van der Waals surface area (Å²) < 4.78 is 5.53. The number of hydrogen-bond donors (Lipinski definition) is 0. The molecule has 1 aromatic carbocycles. The van der Waals surface area contributed by atoms with Crippen molar-refractivity contribution < 1.29 is 9.53 Å². The second kappa shape index (κ2) is 5.35. The van der Waals surface area contributed by atoms with Gasteiger partial charge in [-0.2, -0.15) is 0 Å². The Labute approximate surface area is 90.6 Å².